The fourth-order valence-corrected chi connectivity index (χ4v) is 2.57. The lowest BCUT2D eigenvalue weighted by molar-refractivity contribution is 0.442. The van der Waals surface area contributed by atoms with E-state index in [0.717, 1.165) is 5.69 Å². The van der Waals surface area contributed by atoms with Crippen molar-refractivity contribution in [1.82, 2.24) is 9.78 Å². The van der Waals surface area contributed by atoms with Gasteiger partial charge in [0.15, 0.2) is 0 Å². The molecule has 0 saturated heterocycles. The van der Waals surface area contributed by atoms with Gasteiger partial charge in [-0.2, -0.15) is 5.10 Å². The first kappa shape index (κ1) is 13.8. The highest BCUT2D eigenvalue weighted by atomic mass is 15.3. The van der Waals surface area contributed by atoms with E-state index >= 15 is 0 Å². The molecule has 0 amide bonds. The molecule has 0 aliphatic carbocycles. The molecule has 2 atom stereocenters. The van der Waals surface area contributed by atoms with Crippen molar-refractivity contribution in [3.05, 3.63) is 52.3 Å². The van der Waals surface area contributed by atoms with E-state index in [4.69, 9.17) is 5.73 Å². The molecule has 0 aliphatic heterocycles. The van der Waals surface area contributed by atoms with E-state index in [1.165, 1.54) is 22.4 Å². The zero-order chi connectivity index (χ0) is 14.2. The second kappa shape index (κ2) is 5.17. The van der Waals surface area contributed by atoms with Gasteiger partial charge in [0.05, 0.1) is 11.7 Å². The fraction of sp³-hybridized carbons (Fsp3) is 0.438. The SMILES string of the molecule is Cc1ccccc1C(C(C)N)n1nc(C)c(C)c1C. The van der Waals surface area contributed by atoms with Crippen LogP contribution in [-0.2, 0) is 0 Å². The lowest BCUT2D eigenvalue weighted by Gasteiger charge is -2.25. The lowest BCUT2D eigenvalue weighted by atomic mass is 9.96. The second-order valence-corrected chi connectivity index (χ2v) is 5.40. The van der Waals surface area contributed by atoms with Gasteiger partial charge in [0.1, 0.15) is 0 Å². The van der Waals surface area contributed by atoms with Crippen LogP contribution in [0.25, 0.3) is 0 Å². The first-order valence-corrected chi connectivity index (χ1v) is 6.77. The van der Waals surface area contributed by atoms with E-state index in [-0.39, 0.29) is 12.1 Å². The molecule has 2 aromatic rings. The van der Waals surface area contributed by atoms with Crippen LogP contribution in [0, 0.1) is 27.7 Å². The van der Waals surface area contributed by atoms with Gasteiger partial charge >= 0.3 is 0 Å². The predicted molar refractivity (Wildman–Crippen MR) is 79.4 cm³/mol. The molecular formula is C16H23N3. The third-order valence-electron chi connectivity index (χ3n) is 3.96. The molecule has 102 valence electrons. The van der Waals surface area contributed by atoms with Crippen molar-refractivity contribution in [2.75, 3.05) is 0 Å². The quantitative estimate of drug-likeness (QED) is 0.918. The molecule has 2 unspecified atom stereocenters. The van der Waals surface area contributed by atoms with E-state index < -0.39 is 0 Å². The van der Waals surface area contributed by atoms with Gasteiger partial charge in [0.25, 0.3) is 0 Å². The molecule has 0 aliphatic rings. The molecule has 2 rings (SSSR count). The summed E-state index contributed by atoms with van der Waals surface area (Å²) < 4.78 is 2.08. The highest BCUT2D eigenvalue weighted by Crippen LogP contribution is 2.27. The highest BCUT2D eigenvalue weighted by Gasteiger charge is 2.23. The van der Waals surface area contributed by atoms with E-state index in [1.807, 2.05) is 6.92 Å². The van der Waals surface area contributed by atoms with Crippen molar-refractivity contribution in [3.8, 4) is 0 Å². The maximum Gasteiger partial charge on any atom is 0.0922 e. The summed E-state index contributed by atoms with van der Waals surface area (Å²) in [5.41, 5.74) is 12.3. The maximum absolute atomic E-state index is 6.24. The van der Waals surface area contributed by atoms with Crippen LogP contribution >= 0.6 is 0 Å². The second-order valence-electron chi connectivity index (χ2n) is 5.40. The Morgan fingerprint density at radius 3 is 2.21 bits per heavy atom. The minimum atomic E-state index is 0.0125. The van der Waals surface area contributed by atoms with Gasteiger partial charge in [-0.3, -0.25) is 4.68 Å². The van der Waals surface area contributed by atoms with Crippen LogP contribution in [0.3, 0.4) is 0 Å². The van der Waals surface area contributed by atoms with Crippen LogP contribution in [0.1, 0.15) is 41.0 Å². The minimum Gasteiger partial charge on any atom is -0.326 e. The van der Waals surface area contributed by atoms with Gasteiger partial charge in [0.2, 0.25) is 0 Å². The maximum atomic E-state index is 6.24. The largest absolute Gasteiger partial charge is 0.326 e. The molecule has 0 bridgehead atoms. The molecule has 0 saturated carbocycles. The number of nitrogens with zero attached hydrogens (tertiary/aromatic N) is 2. The van der Waals surface area contributed by atoms with E-state index in [2.05, 4.69) is 61.7 Å². The van der Waals surface area contributed by atoms with Gasteiger partial charge in [-0.25, -0.2) is 0 Å². The molecule has 19 heavy (non-hydrogen) atoms. The average Bonchev–Trinajstić information content (AvgIpc) is 2.60. The van der Waals surface area contributed by atoms with Gasteiger partial charge in [0, 0.05) is 11.7 Å². The van der Waals surface area contributed by atoms with Crippen LogP contribution in [0.15, 0.2) is 24.3 Å². The minimum absolute atomic E-state index is 0.0125. The van der Waals surface area contributed by atoms with Crippen molar-refractivity contribution < 1.29 is 0 Å². The average molecular weight is 257 g/mol. The Bertz CT molecular complexity index is 582. The van der Waals surface area contributed by atoms with Gasteiger partial charge < -0.3 is 5.73 Å². The number of benzene rings is 1. The molecule has 0 fully saturated rings. The summed E-state index contributed by atoms with van der Waals surface area (Å²) in [6.07, 6.45) is 0. The lowest BCUT2D eigenvalue weighted by Crippen LogP contribution is -2.32. The summed E-state index contributed by atoms with van der Waals surface area (Å²) in [7, 11) is 0. The van der Waals surface area contributed by atoms with Gasteiger partial charge in [-0.1, -0.05) is 24.3 Å². The number of aryl methyl sites for hydroxylation is 2. The smallest absolute Gasteiger partial charge is 0.0922 e. The Morgan fingerprint density at radius 2 is 1.74 bits per heavy atom. The molecule has 0 radical (unpaired) electrons. The molecule has 1 heterocycles. The monoisotopic (exact) mass is 257 g/mol. The number of nitrogens with two attached hydrogens (primary N) is 1. The third kappa shape index (κ3) is 2.43. The fourth-order valence-electron chi connectivity index (χ4n) is 2.57. The molecule has 1 aromatic heterocycles. The van der Waals surface area contributed by atoms with Crippen molar-refractivity contribution in [2.45, 2.75) is 46.7 Å². The Kier molecular flexibility index (Phi) is 3.76. The molecule has 3 heteroatoms. The third-order valence-corrected chi connectivity index (χ3v) is 3.96. The summed E-state index contributed by atoms with van der Waals surface area (Å²) in [6, 6.07) is 8.50. The normalized spacial score (nSPS) is 14.4. The van der Waals surface area contributed by atoms with Crippen molar-refractivity contribution in [2.24, 2.45) is 5.73 Å². The van der Waals surface area contributed by atoms with Crippen LogP contribution in [-0.4, -0.2) is 15.8 Å². The summed E-state index contributed by atoms with van der Waals surface area (Å²) in [5.74, 6) is 0. The molecule has 2 N–H and O–H groups in total. The Labute approximate surface area is 115 Å². The van der Waals surface area contributed by atoms with E-state index in [9.17, 15) is 0 Å². The van der Waals surface area contributed by atoms with Crippen molar-refractivity contribution >= 4 is 0 Å². The van der Waals surface area contributed by atoms with Crippen LogP contribution in [0.2, 0.25) is 0 Å². The molecule has 1 aromatic carbocycles. The van der Waals surface area contributed by atoms with E-state index in [0.29, 0.717) is 0 Å². The van der Waals surface area contributed by atoms with Crippen molar-refractivity contribution in [1.29, 1.82) is 0 Å². The topological polar surface area (TPSA) is 43.8 Å². The number of hydrogen-bond acceptors (Lipinski definition) is 2. The molecule has 3 nitrogen and oxygen atoms in total. The molecule has 0 spiro atoms. The highest BCUT2D eigenvalue weighted by molar-refractivity contribution is 5.32. The van der Waals surface area contributed by atoms with Crippen LogP contribution in [0.4, 0.5) is 0 Å². The summed E-state index contributed by atoms with van der Waals surface area (Å²) in [5, 5.41) is 4.69. The first-order valence-electron chi connectivity index (χ1n) is 6.77. The van der Waals surface area contributed by atoms with Crippen molar-refractivity contribution in [3.63, 3.8) is 0 Å². The standard InChI is InChI=1S/C16H23N3/c1-10-8-6-7-9-15(10)16(12(3)17)19-14(5)11(2)13(4)18-19/h6-9,12,16H,17H2,1-5H3. The predicted octanol–water partition coefficient (Wildman–Crippen LogP) is 3.05. The van der Waals surface area contributed by atoms with E-state index in [1.54, 1.807) is 0 Å². The summed E-state index contributed by atoms with van der Waals surface area (Å²) in [4.78, 5) is 0. The number of hydrogen-bond donors (Lipinski definition) is 1. The van der Waals surface area contributed by atoms with Gasteiger partial charge in [-0.15, -0.1) is 0 Å². The zero-order valence-corrected chi connectivity index (χ0v) is 12.4. The summed E-state index contributed by atoms with van der Waals surface area (Å²) in [6.45, 7) is 10.5. The van der Waals surface area contributed by atoms with Gasteiger partial charge in [-0.05, 0) is 51.3 Å². The number of rotatable bonds is 3. The Hall–Kier alpha value is -1.61. The summed E-state index contributed by atoms with van der Waals surface area (Å²) >= 11 is 0. The Balaban J connectivity index is 2.59. The first-order chi connectivity index (χ1) is 8.93. The number of aromatic nitrogens is 2. The van der Waals surface area contributed by atoms with Crippen LogP contribution < -0.4 is 5.73 Å². The molecular weight excluding hydrogens is 234 g/mol. The van der Waals surface area contributed by atoms with Crippen LogP contribution in [0.5, 0.6) is 0 Å². The Morgan fingerprint density at radius 1 is 1.11 bits per heavy atom. The zero-order valence-electron chi connectivity index (χ0n) is 12.4.